The summed E-state index contributed by atoms with van der Waals surface area (Å²) in [5.41, 5.74) is 2.61. The number of aryl methyl sites for hydroxylation is 1. The minimum absolute atomic E-state index is 0.0673. The zero-order valence-electron chi connectivity index (χ0n) is 18.7. The van der Waals surface area contributed by atoms with Crippen molar-refractivity contribution >= 4 is 11.5 Å². The van der Waals surface area contributed by atoms with Gasteiger partial charge in [0, 0.05) is 18.4 Å². The highest BCUT2D eigenvalue weighted by molar-refractivity contribution is 5.96. The van der Waals surface area contributed by atoms with Gasteiger partial charge in [0.25, 0.3) is 0 Å². The predicted molar refractivity (Wildman–Crippen MR) is 127 cm³/mol. The summed E-state index contributed by atoms with van der Waals surface area (Å²) in [6.07, 6.45) is 0.371. The summed E-state index contributed by atoms with van der Waals surface area (Å²) in [6, 6.07) is 26.3. The normalized spacial score (nSPS) is 11.7. The fourth-order valence-corrected chi connectivity index (χ4v) is 3.86. The number of hydrogen-bond donors (Lipinski definition) is 0. The number of nitro groups is 1. The van der Waals surface area contributed by atoms with E-state index in [1.807, 2.05) is 60.7 Å². The molecule has 7 heteroatoms. The molecule has 4 rings (SSSR count). The van der Waals surface area contributed by atoms with Gasteiger partial charge in [-0.05, 0) is 48.2 Å². The first-order valence-electron chi connectivity index (χ1n) is 11.0. The van der Waals surface area contributed by atoms with E-state index in [1.165, 1.54) is 6.92 Å². The van der Waals surface area contributed by atoms with Crippen LogP contribution >= 0.6 is 0 Å². The highest BCUT2D eigenvalue weighted by Crippen LogP contribution is 2.32. The predicted octanol–water partition coefficient (Wildman–Crippen LogP) is 6.07. The average molecular weight is 456 g/mol. The number of aromatic nitrogens is 1. The van der Waals surface area contributed by atoms with E-state index >= 15 is 0 Å². The van der Waals surface area contributed by atoms with Crippen LogP contribution in [-0.4, -0.2) is 15.9 Å². The lowest BCUT2D eigenvalue weighted by molar-refractivity contribution is -0.386. The van der Waals surface area contributed by atoms with E-state index < -0.39 is 4.92 Å². The molecule has 7 nitrogen and oxygen atoms in total. The summed E-state index contributed by atoms with van der Waals surface area (Å²) in [5.74, 6) is 0.484. The van der Waals surface area contributed by atoms with Gasteiger partial charge in [-0.25, -0.2) is 0 Å². The lowest BCUT2D eigenvalue weighted by Crippen LogP contribution is -2.11. The number of Topliss-reactive ketones (excluding diaryl/α,β-unsaturated/α-hetero) is 1. The Hall–Kier alpha value is -4.26. The maximum atomic E-state index is 13.1. The summed E-state index contributed by atoms with van der Waals surface area (Å²) in [4.78, 5) is 24.1. The van der Waals surface area contributed by atoms with Crippen LogP contribution in [0.5, 0.6) is 5.75 Å². The zero-order chi connectivity index (χ0) is 23.9. The van der Waals surface area contributed by atoms with Crippen molar-refractivity contribution in [3.8, 4) is 5.75 Å². The summed E-state index contributed by atoms with van der Waals surface area (Å²) in [7, 11) is 0. The van der Waals surface area contributed by atoms with Crippen LogP contribution in [0.1, 0.15) is 45.3 Å². The topological polar surface area (TPSA) is 95.5 Å². The lowest BCUT2D eigenvalue weighted by atomic mass is 9.88. The van der Waals surface area contributed by atoms with Crippen molar-refractivity contribution in [1.29, 1.82) is 0 Å². The van der Waals surface area contributed by atoms with E-state index in [2.05, 4.69) is 5.16 Å². The quantitative estimate of drug-likeness (QED) is 0.163. The third-order valence-corrected chi connectivity index (χ3v) is 5.64. The number of ketones is 1. The molecule has 0 spiro atoms. The third kappa shape index (κ3) is 5.56. The van der Waals surface area contributed by atoms with Crippen molar-refractivity contribution in [2.45, 2.75) is 32.3 Å². The summed E-state index contributed by atoms with van der Waals surface area (Å²) in [5, 5.41) is 15.2. The molecule has 34 heavy (non-hydrogen) atoms. The van der Waals surface area contributed by atoms with Crippen LogP contribution in [-0.2, 0) is 13.0 Å². The molecule has 0 radical (unpaired) electrons. The Labute approximate surface area is 197 Å². The SMILES string of the molecule is Cc1noc(C[C@@H](CC(=O)c2ccc(OCc3ccccc3)cc2)c2ccccc2)c1[N+](=O)[O-]. The standard InChI is InChI=1S/C27H24N2O5/c1-19-27(29(31)32)26(34-28-19)17-23(21-10-6-3-7-11-21)16-25(30)22-12-14-24(15-13-22)33-18-20-8-4-2-5-9-20/h2-15,23H,16-18H2,1H3/t23-/m1/s1. The number of carbonyl (C=O) groups excluding carboxylic acids is 1. The number of rotatable bonds is 10. The molecule has 0 bridgehead atoms. The fraction of sp³-hybridized carbons (Fsp3) is 0.185. The Kier molecular flexibility index (Phi) is 7.13. The molecule has 1 aromatic heterocycles. The van der Waals surface area contributed by atoms with Gasteiger partial charge in [0.05, 0.1) is 4.92 Å². The maximum absolute atomic E-state index is 13.1. The smallest absolute Gasteiger partial charge is 0.334 e. The van der Waals surface area contributed by atoms with Gasteiger partial charge in [-0.2, -0.15) is 0 Å². The Bertz CT molecular complexity index is 1250. The number of nitrogens with zero attached hydrogens (tertiary/aromatic N) is 2. The monoisotopic (exact) mass is 456 g/mol. The molecule has 0 N–H and O–H groups in total. The Morgan fingerprint density at radius 2 is 1.65 bits per heavy atom. The van der Waals surface area contributed by atoms with Crippen molar-refractivity contribution in [2.75, 3.05) is 0 Å². The van der Waals surface area contributed by atoms with Crippen LogP contribution in [0.15, 0.2) is 89.5 Å². The molecular weight excluding hydrogens is 432 g/mol. The van der Waals surface area contributed by atoms with E-state index in [-0.39, 0.29) is 41.7 Å². The minimum atomic E-state index is -0.487. The van der Waals surface area contributed by atoms with Gasteiger partial charge in [0.2, 0.25) is 5.76 Å². The summed E-state index contributed by atoms with van der Waals surface area (Å²) < 4.78 is 11.1. The van der Waals surface area contributed by atoms with Gasteiger partial charge in [0.1, 0.15) is 12.4 Å². The van der Waals surface area contributed by atoms with E-state index in [9.17, 15) is 14.9 Å². The number of ether oxygens (including phenoxy) is 1. The van der Waals surface area contributed by atoms with Gasteiger partial charge in [-0.15, -0.1) is 0 Å². The van der Waals surface area contributed by atoms with Crippen molar-refractivity contribution in [3.05, 3.63) is 123 Å². The second-order valence-corrected chi connectivity index (χ2v) is 8.03. The van der Waals surface area contributed by atoms with Crippen LogP contribution < -0.4 is 4.74 Å². The molecule has 0 saturated heterocycles. The molecule has 0 amide bonds. The molecule has 172 valence electrons. The molecule has 0 saturated carbocycles. The number of hydrogen-bond acceptors (Lipinski definition) is 6. The Morgan fingerprint density at radius 3 is 2.29 bits per heavy atom. The first-order valence-corrected chi connectivity index (χ1v) is 11.0. The minimum Gasteiger partial charge on any atom is -0.489 e. The molecule has 0 aliphatic carbocycles. The summed E-state index contributed by atoms with van der Waals surface area (Å²) in [6.45, 7) is 1.98. The van der Waals surface area contributed by atoms with Crippen LogP contribution in [0.25, 0.3) is 0 Å². The average Bonchev–Trinajstić information content (AvgIpc) is 3.24. The first-order chi connectivity index (χ1) is 16.5. The number of benzene rings is 3. The van der Waals surface area contributed by atoms with Gasteiger partial charge >= 0.3 is 5.69 Å². The molecule has 4 aromatic rings. The van der Waals surface area contributed by atoms with Crippen molar-refractivity contribution in [3.63, 3.8) is 0 Å². The fourth-order valence-electron chi connectivity index (χ4n) is 3.86. The van der Waals surface area contributed by atoms with Crippen LogP contribution in [0.4, 0.5) is 5.69 Å². The van der Waals surface area contributed by atoms with Crippen molar-refractivity contribution in [1.82, 2.24) is 5.16 Å². The highest BCUT2D eigenvalue weighted by Gasteiger charge is 2.28. The molecule has 0 unspecified atom stereocenters. The van der Waals surface area contributed by atoms with Gasteiger partial charge in [-0.1, -0.05) is 65.8 Å². The van der Waals surface area contributed by atoms with Gasteiger partial charge < -0.3 is 9.26 Å². The molecule has 1 heterocycles. The molecule has 3 aromatic carbocycles. The van der Waals surface area contributed by atoms with E-state index in [0.29, 0.717) is 17.9 Å². The number of carbonyl (C=O) groups is 1. The molecule has 0 fully saturated rings. The lowest BCUT2D eigenvalue weighted by Gasteiger charge is -2.15. The maximum Gasteiger partial charge on any atom is 0.334 e. The van der Waals surface area contributed by atoms with Crippen molar-refractivity contribution in [2.24, 2.45) is 0 Å². The zero-order valence-corrected chi connectivity index (χ0v) is 18.7. The van der Waals surface area contributed by atoms with E-state index in [0.717, 1.165) is 11.1 Å². The summed E-state index contributed by atoms with van der Waals surface area (Å²) >= 11 is 0. The van der Waals surface area contributed by atoms with Crippen LogP contribution in [0, 0.1) is 17.0 Å². The van der Waals surface area contributed by atoms with E-state index in [4.69, 9.17) is 9.26 Å². The Balaban J connectivity index is 1.48. The third-order valence-electron chi connectivity index (χ3n) is 5.64. The van der Waals surface area contributed by atoms with Gasteiger partial charge in [-0.3, -0.25) is 14.9 Å². The van der Waals surface area contributed by atoms with Crippen molar-refractivity contribution < 1.29 is 19.0 Å². The largest absolute Gasteiger partial charge is 0.489 e. The second kappa shape index (κ2) is 10.6. The Morgan fingerprint density at radius 1 is 1.00 bits per heavy atom. The van der Waals surface area contributed by atoms with E-state index in [1.54, 1.807) is 24.3 Å². The van der Waals surface area contributed by atoms with Crippen LogP contribution in [0.3, 0.4) is 0 Å². The second-order valence-electron chi connectivity index (χ2n) is 8.03. The molecular formula is C27H24N2O5. The van der Waals surface area contributed by atoms with Crippen LogP contribution in [0.2, 0.25) is 0 Å². The molecule has 1 atom stereocenters. The van der Waals surface area contributed by atoms with Gasteiger partial charge in [0.15, 0.2) is 11.5 Å². The highest BCUT2D eigenvalue weighted by atomic mass is 16.6. The first kappa shape index (κ1) is 22.9. The molecule has 0 aliphatic rings. The molecule has 0 aliphatic heterocycles.